The van der Waals surface area contributed by atoms with Crippen molar-refractivity contribution >= 4 is 23.2 Å². The molecule has 2 heterocycles. The molecule has 6 rings (SSSR count). The molecule has 4 saturated carbocycles. The maximum absolute atomic E-state index is 13.5. The molecule has 2 aromatic rings. The fourth-order valence-electron chi connectivity index (χ4n) is 7.10. The molecule has 2 amide bonds. The van der Waals surface area contributed by atoms with Gasteiger partial charge in [0, 0.05) is 37.9 Å². The van der Waals surface area contributed by atoms with Crippen molar-refractivity contribution in [2.75, 3.05) is 25.0 Å². The summed E-state index contributed by atoms with van der Waals surface area (Å²) in [6.45, 7) is 3.56. The second kappa shape index (κ2) is 9.12. The van der Waals surface area contributed by atoms with E-state index in [2.05, 4.69) is 22.5 Å². The fourth-order valence-corrected chi connectivity index (χ4v) is 7.70. The highest BCUT2D eigenvalue weighted by Crippen LogP contribution is 2.61. The molecule has 0 aliphatic heterocycles. The van der Waals surface area contributed by atoms with Crippen molar-refractivity contribution in [3.63, 3.8) is 0 Å². The van der Waals surface area contributed by atoms with Gasteiger partial charge in [-0.3, -0.25) is 9.88 Å². The number of thiazole rings is 1. The number of aromatic nitrogens is 2. The summed E-state index contributed by atoms with van der Waals surface area (Å²) in [6.07, 6.45) is 15.3. The topological polar surface area (TPSA) is 49.3 Å². The zero-order valence-corrected chi connectivity index (χ0v) is 20.3. The lowest BCUT2D eigenvalue weighted by Crippen LogP contribution is -2.49. The average Bonchev–Trinajstić information content (AvgIpc) is 3.19. The normalized spacial score (nSPS) is 28.1. The maximum Gasteiger partial charge on any atom is 0.325 e. The standard InChI is InChI=1S/C26H36N4OS/c1-19-28-24(18-32-19)30(25(31)29(2)10-3-4-20-5-8-27-9-6-20)11-7-26-15-21-12-22(16-26)14-23(13-21)17-26/h5-6,8-9,18,21-23H,3-4,7,10-17H2,1-2H3. The van der Waals surface area contributed by atoms with E-state index in [1.165, 1.54) is 44.1 Å². The van der Waals surface area contributed by atoms with Crippen LogP contribution in [0.1, 0.15) is 61.9 Å². The van der Waals surface area contributed by atoms with Crippen molar-refractivity contribution in [2.24, 2.45) is 23.2 Å². The summed E-state index contributed by atoms with van der Waals surface area (Å²) in [5.74, 6) is 3.68. The molecule has 0 spiro atoms. The Hall–Kier alpha value is -1.95. The van der Waals surface area contributed by atoms with Gasteiger partial charge in [0.05, 0.1) is 5.01 Å². The SMILES string of the molecule is Cc1nc(N(CCC23CC4CC(CC(C4)C2)C3)C(=O)N(C)CCCc2ccncc2)cs1. The minimum Gasteiger partial charge on any atom is -0.327 e. The Morgan fingerprint density at radius 2 is 1.75 bits per heavy atom. The number of amides is 2. The van der Waals surface area contributed by atoms with E-state index in [0.29, 0.717) is 5.41 Å². The Morgan fingerprint density at radius 1 is 1.09 bits per heavy atom. The Balaban J connectivity index is 1.23. The molecule has 4 aliphatic carbocycles. The van der Waals surface area contributed by atoms with E-state index in [-0.39, 0.29) is 6.03 Å². The zero-order valence-electron chi connectivity index (χ0n) is 19.5. The highest BCUT2D eigenvalue weighted by atomic mass is 32.1. The molecule has 4 fully saturated rings. The van der Waals surface area contributed by atoms with E-state index < -0.39 is 0 Å². The van der Waals surface area contributed by atoms with Gasteiger partial charge in [0.15, 0.2) is 0 Å². The molecule has 0 saturated heterocycles. The van der Waals surface area contributed by atoms with Gasteiger partial charge in [-0.25, -0.2) is 9.78 Å². The van der Waals surface area contributed by atoms with E-state index in [9.17, 15) is 4.79 Å². The van der Waals surface area contributed by atoms with Gasteiger partial charge in [-0.05, 0) is 106 Å². The predicted molar refractivity (Wildman–Crippen MR) is 130 cm³/mol. The molecule has 172 valence electrons. The maximum atomic E-state index is 13.5. The lowest BCUT2D eigenvalue weighted by Gasteiger charge is -2.57. The fraction of sp³-hybridized carbons (Fsp3) is 0.654. The molecule has 4 bridgehead atoms. The third-order valence-corrected chi connectivity index (χ3v) is 8.94. The Kier molecular flexibility index (Phi) is 6.24. The van der Waals surface area contributed by atoms with Crippen LogP contribution in [-0.2, 0) is 6.42 Å². The molecule has 0 N–H and O–H groups in total. The molecule has 2 aromatic heterocycles. The van der Waals surface area contributed by atoms with Crippen molar-refractivity contribution in [3.05, 3.63) is 40.5 Å². The number of nitrogens with zero attached hydrogens (tertiary/aromatic N) is 4. The molecule has 5 nitrogen and oxygen atoms in total. The van der Waals surface area contributed by atoms with Gasteiger partial charge in [0.1, 0.15) is 5.82 Å². The lowest BCUT2D eigenvalue weighted by molar-refractivity contribution is -0.0557. The molecular weight excluding hydrogens is 416 g/mol. The molecule has 0 atom stereocenters. The van der Waals surface area contributed by atoms with Gasteiger partial charge in [0.2, 0.25) is 0 Å². The number of anilines is 1. The predicted octanol–water partition coefficient (Wildman–Crippen LogP) is 5.94. The first kappa shape index (κ1) is 21.9. The second-order valence-corrected chi connectivity index (χ2v) is 11.8. The number of carbonyl (C=O) groups is 1. The van der Waals surface area contributed by atoms with Crippen LogP contribution in [-0.4, -0.2) is 41.0 Å². The monoisotopic (exact) mass is 452 g/mol. The smallest absolute Gasteiger partial charge is 0.325 e. The number of hydrogen-bond donors (Lipinski definition) is 0. The molecule has 6 heteroatoms. The number of hydrogen-bond acceptors (Lipinski definition) is 4. The van der Waals surface area contributed by atoms with Gasteiger partial charge in [0.25, 0.3) is 0 Å². The van der Waals surface area contributed by atoms with Crippen molar-refractivity contribution < 1.29 is 4.79 Å². The Morgan fingerprint density at radius 3 is 2.34 bits per heavy atom. The summed E-state index contributed by atoms with van der Waals surface area (Å²) in [6, 6.07) is 4.20. The van der Waals surface area contributed by atoms with E-state index in [4.69, 9.17) is 4.98 Å². The van der Waals surface area contributed by atoms with Gasteiger partial charge in [-0.1, -0.05) is 0 Å². The van der Waals surface area contributed by atoms with Gasteiger partial charge >= 0.3 is 6.03 Å². The van der Waals surface area contributed by atoms with Crippen LogP contribution < -0.4 is 4.90 Å². The van der Waals surface area contributed by atoms with Gasteiger partial charge in [-0.2, -0.15) is 0 Å². The largest absolute Gasteiger partial charge is 0.327 e. The van der Waals surface area contributed by atoms with Crippen LogP contribution in [0.5, 0.6) is 0 Å². The van der Waals surface area contributed by atoms with Crippen molar-refractivity contribution in [2.45, 2.75) is 64.7 Å². The summed E-state index contributed by atoms with van der Waals surface area (Å²) >= 11 is 1.63. The third kappa shape index (κ3) is 4.70. The molecular formula is C26H36N4OS. The van der Waals surface area contributed by atoms with Crippen molar-refractivity contribution in [1.82, 2.24) is 14.9 Å². The number of rotatable bonds is 8. The van der Waals surface area contributed by atoms with E-state index >= 15 is 0 Å². The summed E-state index contributed by atoms with van der Waals surface area (Å²) in [5, 5.41) is 3.07. The van der Waals surface area contributed by atoms with Crippen LogP contribution in [0.15, 0.2) is 29.9 Å². The third-order valence-electron chi connectivity index (χ3n) is 8.18. The van der Waals surface area contributed by atoms with Gasteiger partial charge in [-0.15, -0.1) is 11.3 Å². The first-order valence-electron chi connectivity index (χ1n) is 12.3. The summed E-state index contributed by atoms with van der Waals surface area (Å²) in [4.78, 5) is 26.2. The summed E-state index contributed by atoms with van der Waals surface area (Å²) < 4.78 is 0. The quantitative estimate of drug-likeness (QED) is 0.498. The van der Waals surface area contributed by atoms with Crippen molar-refractivity contribution in [3.8, 4) is 0 Å². The van der Waals surface area contributed by atoms with Crippen LogP contribution in [0.2, 0.25) is 0 Å². The first-order chi connectivity index (χ1) is 15.5. The van der Waals surface area contributed by atoms with Crippen LogP contribution in [0.4, 0.5) is 10.6 Å². The molecule has 0 unspecified atom stereocenters. The summed E-state index contributed by atoms with van der Waals surface area (Å²) in [5.41, 5.74) is 1.74. The highest BCUT2D eigenvalue weighted by molar-refractivity contribution is 7.09. The molecule has 32 heavy (non-hydrogen) atoms. The first-order valence-corrected chi connectivity index (χ1v) is 13.2. The Labute approximate surface area is 196 Å². The second-order valence-electron chi connectivity index (χ2n) is 10.7. The van der Waals surface area contributed by atoms with Crippen LogP contribution >= 0.6 is 11.3 Å². The number of pyridine rings is 1. The van der Waals surface area contributed by atoms with Crippen LogP contribution in [0, 0.1) is 30.1 Å². The zero-order chi connectivity index (χ0) is 22.1. The lowest BCUT2D eigenvalue weighted by atomic mass is 9.49. The number of aryl methyl sites for hydroxylation is 2. The average molecular weight is 453 g/mol. The Bertz CT molecular complexity index is 892. The number of urea groups is 1. The van der Waals surface area contributed by atoms with E-state index in [1.54, 1.807) is 11.3 Å². The van der Waals surface area contributed by atoms with E-state index in [1.807, 2.05) is 36.2 Å². The molecule has 4 aliphatic rings. The number of carbonyl (C=O) groups excluding carboxylic acids is 1. The van der Waals surface area contributed by atoms with E-state index in [0.717, 1.165) is 60.9 Å². The minimum absolute atomic E-state index is 0.0924. The van der Waals surface area contributed by atoms with Crippen LogP contribution in [0.3, 0.4) is 0 Å². The molecule has 0 radical (unpaired) electrons. The summed E-state index contributed by atoms with van der Waals surface area (Å²) in [7, 11) is 1.94. The van der Waals surface area contributed by atoms with Crippen LogP contribution in [0.25, 0.3) is 0 Å². The van der Waals surface area contributed by atoms with Gasteiger partial charge < -0.3 is 4.90 Å². The highest BCUT2D eigenvalue weighted by Gasteiger charge is 2.50. The molecule has 0 aromatic carbocycles. The minimum atomic E-state index is 0.0924. The van der Waals surface area contributed by atoms with Crippen molar-refractivity contribution in [1.29, 1.82) is 0 Å².